The molecule has 146 valence electrons. The van der Waals surface area contributed by atoms with Crippen LogP contribution in [0, 0.1) is 0 Å². The van der Waals surface area contributed by atoms with E-state index in [0.717, 1.165) is 24.9 Å². The molecule has 0 unspecified atom stereocenters. The fraction of sp³-hybridized carbons (Fsp3) is 0.391. The highest BCUT2D eigenvalue weighted by atomic mass is 16.3. The first-order chi connectivity index (χ1) is 13.4. The minimum absolute atomic E-state index is 0.0102. The fourth-order valence-electron chi connectivity index (χ4n) is 5.03. The normalized spacial score (nSPS) is 26.8. The van der Waals surface area contributed by atoms with E-state index in [2.05, 4.69) is 23.9 Å². The number of carbonyl (C=O) groups is 1. The Labute approximate surface area is 166 Å². The van der Waals surface area contributed by atoms with Crippen LogP contribution in [-0.2, 0) is 16.6 Å². The highest BCUT2D eigenvalue weighted by Crippen LogP contribution is 2.47. The first-order valence-corrected chi connectivity index (χ1v) is 9.77. The summed E-state index contributed by atoms with van der Waals surface area (Å²) in [6.07, 6.45) is 8.75. The van der Waals surface area contributed by atoms with Crippen LogP contribution < -0.4 is 0 Å². The second kappa shape index (κ2) is 7.06. The first-order valence-electron chi connectivity index (χ1n) is 9.77. The molecule has 1 aromatic heterocycles. The molecule has 1 aromatic carbocycles. The van der Waals surface area contributed by atoms with Crippen molar-refractivity contribution >= 4 is 12.0 Å². The SMILES string of the molecule is CN1CC[C@]2(C)c3cc(O)ccc3C[C@@H]1[C@@H]2N(C)C(=O)/C=C/c1cccnc1. The summed E-state index contributed by atoms with van der Waals surface area (Å²) in [6.45, 7) is 3.23. The third kappa shape index (κ3) is 3.10. The molecule has 1 aliphatic heterocycles. The highest BCUT2D eigenvalue weighted by Gasteiger charge is 2.52. The lowest BCUT2D eigenvalue weighted by Gasteiger charge is -2.57. The van der Waals surface area contributed by atoms with Crippen LogP contribution in [0.1, 0.15) is 30.0 Å². The van der Waals surface area contributed by atoms with Gasteiger partial charge in [0, 0.05) is 37.0 Å². The predicted molar refractivity (Wildman–Crippen MR) is 110 cm³/mol. The van der Waals surface area contributed by atoms with E-state index in [-0.39, 0.29) is 23.4 Å². The van der Waals surface area contributed by atoms with Crippen LogP contribution in [0.3, 0.4) is 0 Å². The number of fused-ring (bicyclic) bond motifs is 4. The number of amides is 1. The van der Waals surface area contributed by atoms with Crippen LogP contribution in [0.15, 0.2) is 48.8 Å². The van der Waals surface area contributed by atoms with Gasteiger partial charge in [-0.3, -0.25) is 9.78 Å². The lowest BCUT2D eigenvalue weighted by Crippen LogP contribution is -2.67. The number of benzene rings is 1. The van der Waals surface area contributed by atoms with Gasteiger partial charge >= 0.3 is 0 Å². The molecule has 2 bridgehead atoms. The molecule has 5 nitrogen and oxygen atoms in total. The molecule has 1 fully saturated rings. The first kappa shape index (κ1) is 18.7. The fourth-order valence-corrected chi connectivity index (χ4v) is 5.03. The lowest BCUT2D eigenvalue weighted by atomic mass is 9.61. The number of rotatable bonds is 3. The molecule has 1 N–H and O–H groups in total. The Balaban J connectivity index is 1.67. The van der Waals surface area contributed by atoms with E-state index in [0.29, 0.717) is 5.75 Å². The van der Waals surface area contributed by atoms with Gasteiger partial charge in [0.05, 0.1) is 6.04 Å². The number of hydrogen-bond acceptors (Lipinski definition) is 4. The molecule has 1 aliphatic carbocycles. The summed E-state index contributed by atoms with van der Waals surface area (Å²) < 4.78 is 0. The predicted octanol–water partition coefficient (Wildman–Crippen LogP) is 2.85. The smallest absolute Gasteiger partial charge is 0.246 e. The quantitative estimate of drug-likeness (QED) is 0.836. The van der Waals surface area contributed by atoms with E-state index in [1.807, 2.05) is 42.3 Å². The van der Waals surface area contributed by atoms with Gasteiger partial charge in [0.2, 0.25) is 5.91 Å². The average molecular weight is 377 g/mol. The summed E-state index contributed by atoms with van der Waals surface area (Å²) in [4.78, 5) is 21.4. The zero-order valence-electron chi connectivity index (χ0n) is 16.7. The summed E-state index contributed by atoms with van der Waals surface area (Å²) in [5.41, 5.74) is 3.18. The van der Waals surface area contributed by atoms with Crippen molar-refractivity contribution in [2.75, 3.05) is 20.6 Å². The second-order valence-electron chi connectivity index (χ2n) is 8.27. The zero-order chi connectivity index (χ0) is 19.9. The van der Waals surface area contributed by atoms with E-state index in [1.54, 1.807) is 24.5 Å². The van der Waals surface area contributed by atoms with E-state index in [1.165, 1.54) is 11.1 Å². The maximum atomic E-state index is 13.0. The van der Waals surface area contributed by atoms with Crippen LogP contribution >= 0.6 is 0 Å². The molecule has 2 aromatic rings. The van der Waals surface area contributed by atoms with Crippen LogP contribution in [0.4, 0.5) is 0 Å². The molecule has 0 saturated carbocycles. The van der Waals surface area contributed by atoms with Crippen molar-refractivity contribution in [3.63, 3.8) is 0 Å². The van der Waals surface area contributed by atoms with Gasteiger partial charge in [-0.05, 0) is 67.4 Å². The molecule has 1 saturated heterocycles. The van der Waals surface area contributed by atoms with Crippen LogP contribution in [-0.4, -0.2) is 58.5 Å². The maximum absolute atomic E-state index is 13.0. The van der Waals surface area contributed by atoms with Crippen molar-refractivity contribution < 1.29 is 9.90 Å². The molecule has 3 atom stereocenters. The van der Waals surface area contributed by atoms with Crippen molar-refractivity contribution in [3.8, 4) is 5.75 Å². The summed E-state index contributed by atoms with van der Waals surface area (Å²) in [5.74, 6) is 0.283. The number of piperidine rings is 1. The molecule has 28 heavy (non-hydrogen) atoms. The van der Waals surface area contributed by atoms with E-state index >= 15 is 0 Å². The number of nitrogens with zero attached hydrogens (tertiary/aromatic N) is 3. The van der Waals surface area contributed by atoms with Gasteiger partial charge in [-0.15, -0.1) is 0 Å². The zero-order valence-corrected chi connectivity index (χ0v) is 16.7. The lowest BCUT2D eigenvalue weighted by molar-refractivity contribution is -0.132. The minimum atomic E-state index is -0.184. The Bertz CT molecular complexity index is 911. The molecule has 4 rings (SSSR count). The number of pyridine rings is 1. The molecule has 1 amide bonds. The summed E-state index contributed by atoms with van der Waals surface area (Å²) in [6, 6.07) is 9.80. The molecule has 2 aliphatic rings. The number of likely N-dealkylation sites (tertiary alicyclic amines) is 1. The van der Waals surface area contributed by atoms with Gasteiger partial charge in [0.15, 0.2) is 0 Å². The third-order valence-corrected chi connectivity index (χ3v) is 6.57. The topological polar surface area (TPSA) is 56.7 Å². The molecule has 0 spiro atoms. The highest BCUT2D eigenvalue weighted by molar-refractivity contribution is 5.92. The van der Waals surface area contributed by atoms with Gasteiger partial charge in [0.1, 0.15) is 5.75 Å². The van der Waals surface area contributed by atoms with Crippen molar-refractivity contribution in [2.45, 2.75) is 37.3 Å². The van der Waals surface area contributed by atoms with Crippen LogP contribution in [0.2, 0.25) is 0 Å². The molecular weight excluding hydrogens is 350 g/mol. The number of carbonyl (C=O) groups excluding carboxylic acids is 1. The summed E-state index contributed by atoms with van der Waals surface area (Å²) >= 11 is 0. The Morgan fingerprint density at radius 2 is 2.21 bits per heavy atom. The van der Waals surface area contributed by atoms with Crippen molar-refractivity contribution in [2.24, 2.45) is 0 Å². The van der Waals surface area contributed by atoms with Crippen molar-refractivity contribution in [1.29, 1.82) is 0 Å². The number of aromatic nitrogens is 1. The molecule has 0 radical (unpaired) electrons. The summed E-state index contributed by atoms with van der Waals surface area (Å²) in [5, 5.41) is 10.1. The maximum Gasteiger partial charge on any atom is 0.246 e. The third-order valence-electron chi connectivity index (χ3n) is 6.57. The Hall–Kier alpha value is -2.66. The number of aromatic hydroxyl groups is 1. The number of hydrogen-bond donors (Lipinski definition) is 1. The van der Waals surface area contributed by atoms with Crippen molar-refractivity contribution in [3.05, 3.63) is 65.5 Å². The van der Waals surface area contributed by atoms with Gasteiger partial charge < -0.3 is 14.9 Å². The summed E-state index contributed by atoms with van der Waals surface area (Å²) in [7, 11) is 4.05. The van der Waals surface area contributed by atoms with Gasteiger partial charge in [-0.2, -0.15) is 0 Å². The van der Waals surface area contributed by atoms with E-state index < -0.39 is 0 Å². The Kier molecular flexibility index (Phi) is 4.71. The number of phenolic OH excluding ortho intramolecular Hbond substituents is 1. The number of likely N-dealkylation sites (N-methyl/N-ethyl adjacent to an activating group) is 2. The molecular formula is C23H27N3O2. The Morgan fingerprint density at radius 3 is 2.96 bits per heavy atom. The average Bonchev–Trinajstić information content (AvgIpc) is 2.70. The van der Waals surface area contributed by atoms with Gasteiger partial charge in [-0.25, -0.2) is 0 Å². The monoisotopic (exact) mass is 377 g/mol. The Morgan fingerprint density at radius 1 is 1.39 bits per heavy atom. The molecule has 2 heterocycles. The standard InChI is InChI=1S/C23H27N3O2/c1-23-10-12-25(2)20(13-17-7-8-18(27)14-19(17)23)22(23)26(3)21(28)9-6-16-5-4-11-24-15-16/h4-9,11,14-15,20,22,27H,10,12-13H2,1-3H3/b9-6+/t20-,22+,23-/m1/s1. The van der Waals surface area contributed by atoms with E-state index in [9.17, 15) is 9.90 Å². The van der Waals surface area contributed by atoms with Crippen molar-refractivity contribution in [1.82, 2.24) is 14.8 Å². The second-order valence-corrected chi connectivity index (χ2v) is 8.27. The van der Waals surface area contributed by atoms with Gasteiger partial charge in [0.25, 0.3) is 0 Å². The van der Waals surface area contributed by atoms with Crippen LogP contribution in [0.25, 0.3) is 6.08 Å². The largest absolute Gasteiger partial charge is 0.508 e. The van der Waals surface area contributed by atoms with Crippen LogP contribution in [0.5, 0.6) is 5.75 Å². The minimum Gasteiger partial charge on any atom is -0.508 e. The number of phenols is 1. The molecule has 5 heteroatoms. The van der Waals surface area contributed by atoms with E-state index in [4.69, 9.17) is 0 Å². The van der Waals surface area contributed by atoms with Gasteiger partial charge in [-0.1, -0.05) is 19.1 Å².